The smallest absolute Gasteiger partial charge is 0.224 e. The average molecular weight is 350 g/mol. The number of hydrogen-bond donors (Lipinski definition) is 1. The van der Waals surface area contributed by atoms with Crippen molar-refractivity contribution in [2.45, 2.75) is 50.4 Å². The molecule has 1 amide bonds. The Balaban J connectivity index is 1.39. The summed E-state index contributed by atoms with van der Waals surface area (Å²) in [5.74, 6) is 0.272. The summed E-state index contributed by atoms with van der Waals surface area (Å²) in [7, 11) is 0. The second-order valence-corrected chi connectivity index (χ2v) is 8.05. The number of ether oxygens (including phenoxy) is 1. The maximum absolute atomic E-state index is 12.7. The van der Waals surface area contributed by atoms with Gasteiger partial charge in [-0.05, 0) is 42.0 Å². The van der Waals surface area contributed by atoms with Gasteiger partial charge in [-0.3, -0.25) is 9.69 Å². The van der Waals surface area contributed by atoms with E-state index in [1.807, 2.05) is 0 Å². The molecule has 1 saturated carbocycles. The molecule has 4 heteroatoms. The van der Waals surface area contributed by atoms with Gasteiger partial charge in [0.2, 0.25) is 5.91 Å². The molecule has 2 aromatic rings. The van der Waals surface area contributed by atoms with Crippen LogP contribution in [0.15, 0.2) is 42.5 Å². The summed E-state index contributed by atoms with van der Waals surface area (Å²) in [6, 6.07) is 16.0. The minimum atomic E-state index is 0.0462. The average Bonchev–Trinajstić information content (AvgIpc) is 3.34. The zero-order valence-corrected chi connectivity index (χ0v) is 15.1. The highest BCUT2D eigenvalue weighted by atomic mass is 16.5. The number of carbonyl (C=O) groups is 1. The predicted octanol–water partition coefficient (Wildman–Crippen LogP) is 3.10. The van der Waals surface area contributed by atoms with Crippen molar-refractivity contribution in [3.8, 4) is 0 Å². The van der Waals surface area contributed by atoms with Gasteiger partial charge in [-0.2, -0.15) is 0 Å². The number of rotatable bonds is 4. The van der Waals surface area contributed by atoms with Crippen LogP contribution in [0.3, 0.4) is 0 Å². The van der Waals surface area contributed by atoms with Crippen LogP contribution in [0.4, 0.5) is 0 Å². The van der Waals surface area contributed by atoms with Gasteiger partial charge in [0.25, 0.3) is 0 Å². The fourth-order valence-electron chi connectivity index (χ4n) is 4.62. The van der Waals surface area contributed by atoms with E-state index < -0.39 is 0 Å². The van der Waals surface area contributed by atoms with Gasteiger partial charge in [-0.15, -0.1) is 0 Å². The Morgan fingerprint density at radius 2 is 1.96 bits per heavy atom. The molecule has 1 aliphatic carbocycles. The third-order valence-corrected chi connectivity index (χ3v) is 6.16. The summed E-state index contributed by atoms with van der Waals surface area (Å²) in [4.78, 5) is 15.2. The first-order chi connectivity index (χ1) is 12.8. The van der Waals surface area contributed by atoms with Crippen molar-refractivity contribution in [1.29, 1.82) is 0 Å². The summed E-state index contributed by atoms with van der Waals surface area (Å²) >= 11 is 0. The third-order valence-electron chi connectivity index (χ3n) is 6.16. The molecule has 136 valence electrons. The molecule has 3 aliphatic rings. The maximum Gasteiger partial charge on any atom is 0.224 e. The van der Waals surface area contributed by atoms with Gasteiger partial charge < -0.3 is 10.1 Å². The number of likely N-dealkylation sites (tertiary alicyclic amines) is 1. The molecule has 1 N–H and O–H groups in total. The first-order valence-electron chi connectivity index (χ1n) is 9.90. The van der Waals surface area contributed by atoms with Crippen LogP contribution in [-0.2, 0) is 16.1 Å². The molecule has 2 aliphatic heterocycles. The van der Waals surface area contributed by atoms with Crippen LogP contribution in [0.5, 0.6) is 0 Å². The number of benzene rings is 2. The lowest BCUT2D eigenvalue weighted by Gasteiger charge is -2.40. The normalized spacial score (nSPS) is 28.8. The van der Waals surface area contributed by atoms with Crippen molar-refractivity contribution in [2.75, 3.05) is 13.2 Å². The molecule has 2 saturated heterocycles. The number of amides is 1. The highest BCUT2D eigenvalue weighted by molar-refractivity contribution is 5.85. The quantitative estimate of drug-likeness (QED) is 0.921. The minimum absolute atomic E-state index is 0.0462. The Morgan fingerprint density at radius 1 is 1.12 bits per heavy atom. The van der Waals surface area contributed by atoms with Crippen LogP contribution in [-0.4, -0.2) is 42.1 Å². The number of fused-ring (bicyclic) bond motifs is 2. The molecule has 5 rings (SSSR count). The molecule has 3 fully saturated rings. The van der Waals surface area contributed by atoms with E-state index in [9.17, 15) is 4.79 Å². The maximum atomic E-state index is 12.7. The number of piperidine rings is 1. The molecular weight excluding hydrogens is 324 g/mol. The first-order valence-corrected chi connectivity index (χ1v) is 9.90. The Labute approximate surface area is 154 Å². The zero-order valence-electron chi connectivity index (χ0n) is 15.1. The third kappa shape index (κ3) is 3.12. The zero-order chi connectivity index (χ0) is 17.5. The van der Waals surface area contributed by atoms with Crippen molar-refractivity contribution < 1.29 is 9.53 Å². The van der Waals surface area contributed by atoms with Crippen molar-refractivity contribution in [2.24, 2.45) is 5.92 Å². The molecule has 3 atom stereocenters. The molecule has 0 radical (unpaired) electrons. The molecule has 4 nitrogen and oxygen atoms in total. The van der Waals surface area contributed by atoms with Gasteiger partial charge in [-0.1, -0.05) is 42.5 Å². The molecular formula is C22H26N2O2. The van der Waals surface area contributed by atoms with Crippen molar-refractivity contribution >= 4 is 16.7 Å². The van der Waals surface area contributed by atoms with Crippen molar-refractivity contribution in [1.82, 2.24) is 10.2 Å². The number of nitrogens with one attached hydrogen (secondary N) is 1. The number of nitrogens with zero attached hydrogens (tertiary/aromatic N) is 1. The van der Waals surface area contributed by atoms with E-state index >= 15 is 0 Å². The second kappa shape index (κ2) is 6.67. The van der Waals surface area contributed by atoms with E-state index in [-0.39, 0.29) is 17.9 Å². The lowest BCUT2D eigenvalue weighted by Crippen LogP contribution is -2.52. The van der Waals surface area contributed by atoms with Crippen LogP contribution in [0.2, 0.25) is 0 Å². The summed E-state index contributed by atoms with van der Waals surface area (Å²) in [5.41, 5.74) is 1.34. The molecule has 0 unspecified atom stereocenters. The van der Waals surface area contributed by atoms with E-state index in [0.717, 1.165) is 45.4 Å². The van der Waals surface area contributed by atoms with Gasteiger partial charge in [-0.25, -0.2) is 0 Å². The van der Waals surface area contributed by atoms with Crippen LogP contribution < -0.4 is 5.32 Å². The molecule has 0 aromatic heterocycles. The molecule has 2 aromatic carbocycles. The molecule has 2 heterocycles. The Bertz CT molecular complexity index is 811. The molecule has 0 spiro atoms. The Hall–Kier alpha value is -1.91. The van der Waals surface area contributed by atoms with Crippen molar-refractivity contribution in [3.05, 3.63) is 48.0 Å². The van der Waals surface area contributed by atoms with Gasteiger partial charge in [0.05, 0.1) is 12.0 Å². The predicted molar refractivity (Wildman–Crippen MR) is 102 cm³/mol. The lowest BCUT2D eigenvalue weighted by molar-refractivity contribution is -0.129. The summed E-state index contributed by atoms with van der Waals surface area (Å²) in [6.07, 6.45) is 4.43. The fraction of sp³-hybridized carbons (Fsp3) is 0.500. The Morgan fingerprint density at radius 3 is 2.85 bits per heavy atom. The fourth-order valence-corrected chi connectivity index (χ4v) is 4.62. The first kappa shape index (κ1) is 16.3. The van der Waals surface area contributed by atoms with Gasteiger partial charge >= 0.3 is 0 Å². The molecule has 0 bridgehead atoms. The van der Waals surface area contributed by atoms with E-state index in [0.29, 0.717) is 12.1 Å². The lowest BCUT2D eigenvalue weighted by atomic mass is 9.88. The monoisotopic (exact) mass is 350 g/mol. The van der Waals surface area contributed by atoms with E-state index in [4.69, 9.17) is 4.74 Å². The number of carbonyl (C=O) groups excluding carboxylic acids is 1. The van der Waals surface area contributed by atoms with Gasteiger partial charge in [0.15, 0.2) is 0 Å². The number of hydrogen-bond acceptors (Lipinski definition) is 3. The highest BCUT2D eigenvalue weighted by Gasteiger charge is 2.42. The van der Waals surface area contributed by atoms with Crippen LogP contribution >= 0.6 is 0 Å². The Kier molecular flexibility index (Phi) is 4.18. The van der Waals surface area contributed by atoms with E-state index in [1.165, 1.54) is 16.3 Å². The van der Waals surface area contributed by atoms with Crippen LogP contribution in [0.1, 0.15) is 31.2 Å². The summed E-state index contributed by atoms with van der Waals surface area (Å²) < 4.78 is 5.99. The van der Waals surface area contributed by atoms with Gasteiger partial charge in [0, 0.05) is 31.8 Å². The SMILES string of the molecule is O=C(NC1CC1)[C@H]1C[C@H]2OCC[C@H]2N(Cc2cccc3ccccc23)C1. The standard InChI is InChI=1S/C22H26N2O2/c25-22(23-18-8-9-18)17-12-21-20(10-11-26-21)24(14-17)13-16-6-3-5-15-4-1-2-7-19(15)16/h1-7,17-18,20-21H,8-14H2,(H,23,25)/t17-,20+,21+/m0/s1. The van der Waals surface area contributed by atoms with E-state index in [2.05, 4.69) is 52.7 Å². The second-order valence-electron chi connectivity index (χ2n) is 8.05. The molecule has 26 heavy (non-hydrogen) atoms. The van der Waals surface area contributed by atoms with Crippen LogP contribution in [0.25, 0.3) is 10.8 Å². The van der Waals surface area contributed by atoms with E-state index in [1.54, 1.807) is 0 Å². The minimum Gasteiger partial charge on any atom is -0.377 e. The van der Waals surface area contributed by atoms with Crippen LogP contribution in [0, 0.1) is 5.92 Å². The van der Waals surface area contributed by atoms with Crippen molar-refractivity contribution in [3.63, 3.8) is 0 Å². The summed E-state index contributed by atoms with van der Waals surface area (Å²) in [5, 5.41) is 5.79. The summed E-state index contributed by atoms with van der Waals surface area (Å²) in [6.45, 7) is 2.55. The largest absolute Gasteiger partial charge is 0.377 e. The highest BCUT2D eigenvalue weighted by Crippen LogP contribution is 2.34. The topological polar surface area (TPSA) is 41.6 Å². The van der Waals surface area contributed by atoms with Gasteiger partial charge in [0.1, 0.15) is 0 Å².